The van der Waals surface area contributed by atoms with E-state index >= 15 is 0 Å². The molecule has 0 radical (unpaired) electrons. The summed E-state index contributed by atoms with van der Waals surface area (Å²) in [5.74, 6) is 1.41. The maximum atomic E-state index is 11.0. The molecule has 0 spiro atoms. The highest BCUT2D eigenvalue weighted by molar-refractivity contribution is 14.1. The smallest absolute Gasteiger partial charge is 0.311 e. The average molecular weight is 399 g/mol. The van der Waals surface area contributed by atoms with Gasteiger partial charge in [0.05, 0.1) is 11.5 Å². The maximum Gasteiger partial charge on any atom is 0.311 e. The normalized spacial score (nSPS) is 10.2. The van der Waals surface area contributed by atoms with Crippen molar-refractivity contribution < 1.29 is 14.4 Å². The minimum Gasteiger partial charge on any atom is -0.487 e. The van der Waals surface area contributed by atoms with Gasteiger partial charge in [-0.2, -0.15) is 0 Å². The molecule has 0 unspecified atom stereocenters. The van der Waals surface area contributed by atoms with Gasteiger partial charge in [-0.15, -0.1) is 0 Å². The summed E-state index contributed by atoms with van der Waals surface area (Å²) < 4.78 is 12.2. The van der Waals surface area contributed by atoms with Crippen LogP contribution in [0.2, 0.25) is 0 Å². The number of rotatable bonds is 6. The van der Waals surface area contributed by atoms with Gasteiger partial charge in [-0.3, -0.25) is 10.1 Å². The quantitative estimate of drug-likeness (QED) is 0.399. The molecule has 5 nitrogen and oxygen atoms in total. The van der Waals surface area contributed by atoms with Crippen LogP contribution >= 0.6 is 22.6 Å². The van der Waals surface area contributed by atoms with E-state index in [-0.39, 0.29) is 11.4 Å². The lowest BCUT2D eigenvalue weighted by Crippen LogP contribution is -1.99. The lowest BCUT2D eigenvalue weighted by molar-refractivity contribution is -0.385. The van der Waals surface area contributed by atoms with Gasteiger partial charge in [-0.05, 0) is 53.3 Å². The summed E-state index contributed by atoms with van der Waals surface area (Å²) in [5, 5.41) is 11.0. The lowest BCUT2D eigenvalue weighted by Gasteiger charge is -2.09. The van der Waals surface area contributed by atoms with Crippen molar-refractivity contribution >= 4 is 28.3 Å². The summed E-state index contributed by atoms with van der Waals surface area (Å²) >= 11 is 2.19. The molecule has 0 heterocycles. The number of hydrogen-bond acceptors (Lipinski definition) is 4. The molecule has 2 aromatic rings. The first-order valence-corrected chi connectivity index (χ1v) is 7.52. The second-order valence-corrected chi connectivity index (χ2v) is 5.54. The summed E-state index contributed by atoms with van der Waals surface area (Å²) in [7, 11) is 0. The van der Waals surface area contributed by atoms with Crippen LogP contribution in [0.3, 0.4) is 0 Å². The maximum absolute atomic E-state index is 11.0. The van der Waals surface area contributed by atoms with Crippen molar-refractivity contribution in [2.75, 3.05) is 6.61 Å². The molecule has 0 N–H and O–H groups in total. The van der Waals surface area contributed by atoms with E-state index in [0.717, 1.165) is 9.99 Å². The highest BCUT2D eigenvalue weighted by atomic mass is 127. The predicted octanol–water partition coefficient (Wildman–Crippen LogP) is 4.78. The SMILES string of the molecule is CCCOc1cc(Oc2cccc(I)c2)ccc1[N+](=O)[O-]. The molecular weight excluding hydrogens is 385 g/mol. The van der Waals surface area contributed by atoms with Crippen LogP contribution in [0.5, 0.6) is 17.2 Å². The van der Waals surface area contributed by atoms with Gasteiger partial charge in [-0.1, -0.05) is 13.0 Å². The molecule has 0 bridgehead atoms. The zero-order chi connectivity index (χ0) is 15.2. The number of nitro groups is 1. The van der Waals surface area contributed by atoms with Crippen LogP contribution in [-0.2, 0) is 0 Å². The molecule has 6 heteroatoms. The summed E-state index contributed by atoms with van der Waals surface area (Å²) in [6.45, 7) is 2.37. The van der Waals surface area contributed by atoms with E-state index in [1.807, 2.05) is 31.2 Å². The van der Waals surface area contributed by atoms with Crippen molar-refractivity contribution in [2.24, 2.45) is 0 Å². The van der Waals surface area contributed by atoms with Crippen molar-refractivity contribution in [1.82, 2.24) is 0 Å². The Morgan fingerprint density at radius 2 is 1.95 bits per heavy atom. The molecule has 0 saturated carbocycles. The van der Waals surface area contributed by atoms with Crippen molar-refractivity contribution in [2.45, 2.75) is 13.3 Å². The molecule has 0 aliphatic carbocycles. The Kier molecular flexibility index (Phi) is 5.38. The molecule has 110 valence electrons. The van der Waals surface area contributed by atoms with E-state index in [4.69, 9.17) is 9.47 Å². The van der Waals surface area contributed by atoms with Crippen LogP contribution < -0.4 is 9.47 Å². The molecular formula is C15H14INO4. The van der Waals surface area contributed by atoms with Crippen LogP contribution in [0.25, 0.3) is 0 Å². The number of halogens is 1. The van der Waals surface area contributed by atoms with Gasteiger partial charge in [-0.25, -0.2) is 0 Å². The van der Waals surface area contributed by atoms with E-state index < -0.39 is 4.92 Å². The number of nitrogens with zero attached hydrogens (tertiary/aromatic N) is 1. The van der Waals surface area contributed by atoms with E-state index in [1.54, 1.807) is 12.1 Å². The molecule has 0 saturated heterocycles. The van der Waals surface area contributed by atoms with E-state index in [0.29, 0.717) is 18.1 Å². The fourth-order valence-corrected chi connectivity index (χ4v) is 2.22. The van der Waals surface area contributed by atoms with Crippen LogP contribution in [0.4, 0.5) is 5.69 Å². The first kappa shape index (κ1) is 15.6. The van der Waals surface area contributed by atoms with Crippen molar-refractivity contribution in [3.63, 3.8) is 0 Å². The molecule has 0 aliphatic rings. The molecule has 0 fully saturated rings. The predicted molar refractivity (Wildman–Crippen MR) is 88.1 cm³/mol. The third-order valence-electron chi connectivity index (χ3n) is 2.62. The Bertz CT molecular complexity index is 645. The van der Waals surface area contributed by atoms with Gasteiger partial charge in [0.2, 0.25) is 5.75 Å². The standard InChI is InChI=1S/C15H14INO4/c1-2-8-20-15-10-13(6-7-14(15)17(18)19)21-12-5-3-4-11(16)9-12/h3-7,9-10H,2,8H2,1H3. The van der Waals surface area contributed by atoms with Gasteiger partial charge in [0, 0.05) is 15.7 Å². The van der Waals surface area contributed by atoms with Crippen LogP contribution in [0, 0.1) is 13.7 Å². The Labute approximate surface area is 136 Å². The van der Waals surface area contributed by atoms with E-state index in [2.05, 4.69) is 22.6 Å². The van der Waals surface area contributed by atoms with Gasteiger partial charge in [0.25, 0.3) is 0 Å². The average Bonchev–Trinajstić information content (AvgIpc) is 2.45. The fourth-order valence-electron chi connectivity index (χ4n) is 1.70. The van der Waals surface area contributed by atoms with Crippen LogP contribution in [0.15, 0.2) is 42.5 Å². The third kappa shape index (κ3) is 4.32. The zero-order valence-corrected chi connectivity index (χ0v) is 13.6. The van der Waals surface area contributed by atoms with Crippen molar-refractivity contribution in [3.05, 3.63) is 56.1 Å². The highest BCUT2D eigenvalue weighted by Crippen LogP contribution is 2.33. The second-order valence-electron chi connectivity index (χ2n) is 4.29. The van der Waals surface area contributed by atoms with E-state index in [1.165, 1.54) is 6.07 Å². The number of benzene rings is 2. The number of ether oxygens (including phenoxy) is 2. The largest absolute Gasteiger partial charge is 0.487 e. The van der Waals surface area contributed by atoms with Gasteiger partial charge in [0.1, 0.15) is 11.5 Å². The number of hydrogen-bond donors (Lipinski definition) is 0. The molecule has 0 amide bonds. The third-order valence-corrected chi connectivity index (χ3v) is 3.29. The van der Waals surface area contributed by atoms with Crippen LogP contribution in [-0.4, -0.2) is 11.5 Å². The lowest BCUT2D eigenvalue weighted by atomic mass is 10.2. The fraction of sp³-hybridized carbons (Fsp3) is 0.200. The summed E-state index contributed by atoms with van der Waals surface area (Å²) in [6, 6.07) is 12.1. The topological polar surface area (TPSA) is 61.6 Å². The summed E-state index contributed by atoms with van der Waals surface area (Å²) in [5.41, 5.74) is -0.0570. The summed E-state index contributed by atoms with van der Waals surface area (Å²) in [4.78, 5) is 10.5. The first-order chi connectivity index (χ1) is 10.1. The van der Waals surface area contributed by atoms with E-state index in [9.17, 15) is 10.1 Å². The molecule has 0 aromatic heterocycles. The molecule has 0 atom stereocenters. The Balaban J connectivity index is 2.26. The molecule has 2 rings (SSSR count). The van der Waals surface area contributed by atoms with Gasteiger partial charge in [0.15, 0.2) is 0 Å². The Hall–Kier alpha value is -1.83. The Morgan fingerprint density at radius 3 is 2.62 bits per heavy atom. The van der Waals surface area contributed by atoms with Crippen LogP contribution in [0.1, 0.15) is 13.3 Å². The Morgan fingerprint density at radius 1 is 1.19 bits per heavy atom. The number of nitro benzene ring substituents is 1. The monoisotopic (exact) mass is 399 g/mol. The summed E-state index contributed by atoms with van der Waals surface area (Å²) in [6.07, 6.45) is 0.777. The van der Waals surface area contributed by atoms with Gasteiger partial charge >= 0.3 is 5.69 Å². The minimum absolute atomic E-state index is 0.0570. The second kappa shape index (κ2) is 7.26. The van der Waals surface area contributed by atoms with Crippen molar-refractivity contribution in [1.29, 1.82) is 0 Å². The zero-order valence-electron chi connectivity index (χ0n) is 11.4. The molecule has 2 aromatic carbocycles. The highest BCUT2D eigenvalue weighted by Gasteiger charge is 2.16. The molecule has 0 aliphatic heterocycles. The first-order valence-electron chi connectivity index (χ1n) is 6.45. The minimum atomic E-state index is -0.458. The molecule has 21 heavy (non-hydrogen) atoms. The van der Waals surface area contributed by atoms with Crippen molar-refractivity contribution in [3.8, 4) is 17.2 Å². The van der Waals surface area contributed by atoms with Gasteiger partial charge < -0.3 is 9.47 Å².